The third-order valence-electron chi connectivity index (χ3n) is 6.53. The summed E-state index contributed by atoms with van der Waals surface area (Å²) in [4.78, 5) is 28.3. The Morgan fingerprint density at radius 3 is 2.51 bits per heavy atom. The van der Waals surface area contributed by atoms with Gasteiger partial charge in [-0.15, -0.1) is 0 Å². The Hall–Kier alpha value is -2.57. The minimum Gasteiger partial charge on any atom is -0.483 e. The third kappa shape index (κ3) is 6.36. The minimum absolute atomic E-state index is 0.103. The maximum absolute atomic E-state index is 13.5. The Balaban J connectivity index is 1.53. The average Bonchev–Trinajstić information content (AvgIpc) is 3.37. The van der Waals surface area contributed by atoms with Gasteiger partial charge in [0.05, 0.1) is 4.47 Å². The lowest BCUT2D eigenvalue weighted by Gasteiger charge is -2.31. The van der Waals surface area contributed by atoms with Crippen molar-refractivity contribution in [2.45, 2.75) is 57.7 Å². The maximum Gasteiger partial charge on any atom is 0.261 e. The number of carbonyl (C=O) groups is 2. The molecule has 3 aromatic carbocycles. The Kier molecular flexibility index (Phi) is 8.69. The van der Waals surface area contributed by atoms with E-state index in [9.17, 15) is 9.59 Å². The Bertz CT molecular complexity index is 1180. The summed E-state index contributed by atoms with van der Waals surface area (Å²) in [6.45, 7) is 2.06. The van der Waals surface area contributed by atoms with Crippen molar-refractivity contribution in [3.63, 3.8) is 0 Å². The normalized spacial score (nSPS) is 14.6. The molecule has 35 heavy (non-hydrogen) atoms. The SMILES string of the molecule is CCC(C(=O)NC1CCCC1)N(Cc1ccc(Cl)cc1)C(=O)COc1ccc2ccccc2c1Br. The van der Waals surface area contributed by atoms with E-state index in [1.54, 1.807) is 17.0 Å². The zero-order chi connectivity index (χ0) is 24.8. The highest BCUT2D eigenvalue weighted by Gasteiger charge is 2.31. The lowest BCUT2D eigenvalue weighted by atomic mass is 10.1. The average molecular weight is 558 g/mol. The van der Waals surface area contributed by atoms with Crippen molar-refractivity contribution in [1.29, 1.82) is 0 Å². The molecule has 1 fully saturated rings. The van der Waals surface area contributed by atoms with Gasteiger partial charge in [-0.3, -0.25) is 9.59 Å². The molecule has 1 atom stereocenters. The summed E-state index contributed by atoms with van der Waals surface area (Å²) in [5.41, 5.74) is 0.904. The van der Waals surface area contributed by atoms with E-state index in [1.807, 2.05) is 55.5 Å². The standard InChI is InChI=1S/C28H30BrClN2O3/c1-2-24(28(34)31-22-8-4-5-9-22)32(17-19-11-14-21(30)15-12-19)26(33)18-35-25-16-13-20-7-3-6-10-23(20)27(25)29/h3,6-7,10-16,22,24H,2,4-5,8-9,17-18H2,1H3,(H,31,34). The number of fused-ring (bicyclic) bond motifs is 1. The summed E-state index contributed by atoms with van der Waals surface area (Å²) >= 11 is 9.67. The van der Waals surface area contributed by atoms with Gasteiger partial charge < -0.3 is 15.0 Å². The Morgan fingerprint density at radius 2 is 1.80 bits per heavy atom. The van der Waals surface area contributed by atoms with Gasteiger partial charge >= 0.3 is 0 Å². The van der Waals surface area contributed by atoms with Gasteiger partial charge in [0, 0.05) is 17.6 Å². The molecule has 1 unspecified atom stereocenters. The predicted octanol–water partition coefficient (Wildman–Crippen LogP) is 6.50. The number of hydrogen-bond donors (Lipinski definition) is 1. The van der Waals surface area contributed by atoms with Crippen LogP contribution in [-0.2, 0) is 16.1 Å². The van der Waals surface area contributed by atoms with Crippen LogP contribution >= 0.6 is 27.5 Å². The van der Waals surface area contributed by atoms with E-state index in [1.165, 1.54) is 0 Å². The van der Waals surface area contributed by atoms with Crippen LogP contribution in [0.4, 0.5) is 0 Å². The molecule has 0 bridgehead atoms. The lowest BCUT2D eigenvalue weighted by molar-refractivity contribution is -0.143. The maximum atomic E-state index is 13.5. The van der Waals surface area contributed by atoms with Gasteiger partial charge in [0.2, 0.25) is 5.91 Å². The molecule has 1 N–H and O–H groups in total. The molecule has 5 nitrogen and oxygen atoms in total. The van der Waals surface area contributed by atoms with Crippen LogP contribution < -0.4 is 10.1 Å². The smallest absolute Gasteiger partial charge is 0.261 e. The molecular formula is C28H30BrClN2O3. The summed E-state index contributed by atoms with van der Waals surface area (Å²) in [5, 5.41) is 5.88. The number of carbonyl (C=O) groups excluding carboxylic acids is 2. The van der Waals surface area contributed by atoms with E-state index in [4.69, 9.17) is 16.3 Å². The number of ether oxygens (including phenoxy) is 1. The van der Waals surface area contributed by atoms with Crippen molar-refractivity contribution in [2.24, 2.45) is 0 Å². The van der Waals surface area contributed by atoms with E-state index in [2.05, 4.69) is 21.2 Å². The predicted molar refractivity (Wildman–Crippen MR) is 144 cm³/mol. The molecule has 1 aliphatic carbocycles. The first-order valence-electron chi connectivity index (χ1n) is 12.1. The number of hydrogen-bond acceptors (Lipinski definition) is 3. The topological polar surface area (TPSA) is 58.6 Å². The van der Waals surface area contributed by atoms with Gasteiger partial charge in [-0.05, 0) is 69.7 Å². The molecule has 0 heterocycles. The van der Waals surface area contributed by atoms with Gasteiger partial charge in [0.1, 0.15) is 11.8 Å². The summed E-state index contributed by atoms with van der Waals surface area (Å²) < 4.78 is 6.77. The van der Waals surface area contributed by atoms with Crippen molar-refractivity contribution in [3.8, 4) is 5.75 Å². The molecule has 0 spiro atoms. The molecule has 0 aliphatic heterocycles. The van der Waals surface area contributed by atoms with Gasteiger partial charge in [-0.1, -0.05) is 73.8 Å². The number of benzene rings is 3. The van der Waals surface area contributed by atoms with E-state index in [-0.39, 0.29) is 24.5 Å². The van der Waals surface area contributed by atoms with Crippen molar-refractivity contribution >= 4 is 50.1 Å². The van der Waals surface area contributed by atoms with Crippen LogP contribution in [0.1, 0.15) is 44.6 Å². The first-order valence-corrected chi connectivity index (χ1v) is 13.3. The van der Waals surface area contributed by atoms with Crippen LogP contribution in [0.5, 0.6) is 5.75 Å². The second-order valence-electron chi connectivity index (χ2n) is 8.95. The van der Waals surface area contributed by atoms with E-state index in [0.29, 0.717) is 23.7 Å². The molecule has 2 amide bonds. The second kappa shape index (κ2) is 11.9. The quantitative estimate of drug-likeness (QED) is 0.327. The lowest BCUT2D eigenvalue weighted by Crippen LogP contribution is -2.52. The molecule has 1 saturated carbocycles. The zero-order valence-electron chi connectivity index (χ0n) is 19.8. The van der Waals surface area contributed by atoms with Crippen LogP contribution in [0.2, 0.25) is 5.02 Å². The number of nitrogens with zero attached hydrogens (tertiary/aromatic N) is 1. The monoisotopic (exact) mass is 556 g/mol. The number of halogens is 2. The Labute approximate surface area is 219 Å². The first-order chi connectivity index (χ1) is 17.0. The van der Waals surface area contributed by atoms with Crippen molar-refractivity contribution < 1.29 is 14.3 Å². The van der Waals surface area contributed by atoms with Crippen LogP contribution in [0.25, 0.3) is 10.8 Å². The molecule has 7 heteroatoms. The van der Waals surface area contributed by atoms with Crippen LogP contribution in [0.3, 0.4) is 0 Å². The van der Waals surface area contributed by atoms with Crippen molar-refractivity contribution in [1.82, 2.24) is 10.2 Å². The van der Waals surface area contributed by atoms with Gasteiger partial charge in [-0.25, -0.2) is 0 Å². The second-order valence-corrected chi connectivity index (χ2v) is 10.2. The van der Waals surface area contributed by atoms with Crippen LogP contribution in [0, 0.1) is 0 Å². The van der Waals surface area contributed by atoms with Gasteiger partial charge in [0.15, 0.2) is 6.61 Å². The van der Waals surface area contributed by atoms with E-state index >= 15 is 0 Å². The highest BCUT2D eigenvalue weighted by Crippen LogP contribution is 2.33. The van der Waals surface area contributed by atoms with Crippen LogP contribution in [-0.4, -0.2) is 35.4 Å². The van der Waals surface area contributed by atoms with Crippen LogP contribution in [0.15, 0.2) is 65.1 Å². The summed E-state index contributed by atoms with van der Waals surface area (Å²) in [6.07, 6.45) is 4.75. The fourth-order valence-corrected chi connectivity index (χ4v) is 5.35. The molecule has 4 rings (SSSR count). The first kappa shape index (κ1) is 25.5. The number of nitrogens with one attached hydrogen (secondary N) is 1. The molecule has 3 aromatic rings. The Morgan fingerprint density at radius 1 is 1.09 bits per heavy atom. The molecule has 1 aliphatic rings. The van der Waals surface area contributed by atoms with Gasteiger partial charge in [0.25, 0.3) is 5.91 Å². The number of amides is 2. The highest BCUT2D eigenvalue weighted by molar-refractivity contribution is 9.10. The molecule has 0 saturated heterocycles. The molecular weight excluding hydrogens is 528 g/mol. The largest absolute Gasteiger partial charge is 0.483 e. The minimum atomic E-state index is -0.581. The zero-order valence-corrected chi connectivity index (χ0v) is 22.1. The summed E-state index contributed by atoms with van der Waals surface area (Å²) in [7, 11) is 0. The number of rotatable bonds is 9. The summed E-state index contributed by atoms with van der Waals surface area (Å²) in [6, 6.07) is 18.7. The van der Waals surface area contributed by atoms with Crippen molar-refractivity contribution in [2.75, 3.05) is 6.61 Å². The molecule has 0 aromatic heterocycles. The van der Waals surface area contributed by atoms with Crippen molar-refractivity contribution in [3.05, 3.63) is 75.7 Å². The fraction of sp³-hybridized carbons (Fsp3) is 0.357. The third-order valence-corrected chi connectivity index (χ3v) is 7.60. The molecule has 184 valence electrons. The summed E-state index contributed by atoms with van der Waals surface area (Å²) in [5.74, 6) is 0.244. The fourth-order valence-electron chi connectivity index (χ4n) is 4.62. The van der Waals surface area contributed by atoms with E-state index in [0.717, 1.165) is 46.5 Å². The molecule has 0 radical (unpaired) electrons. The van der Waals surface area contributed by atoms with Gasteiger partial charge in [-0.2, -0.15) is 0 Å². The van der Waals surface area contributed by atoms with E-state index < -0.39 is 6.04 Å². The highest BCUT2D eigenvalue weighted by atomic mass is 79.9.